The van der Waals surface area contributed by atoms with Gasteiger partial charge >= 0.3 is 5.97 Å². The molecular formula is C9H9IO2S. The van der Waals surface area contributed by atoms with E-state index in [4.69, 9.17) is 5.11 Å². The SMILES string of the molecule is O=C(O)CSCc1ccccc1I. The number of hydrogen-bond acceptors (Lipinski definition) is 2. The highest BCUT2D eigenvalue weighted by molar-refractivity contribution is 14.1. The molecule has 13 heavy (non-hydrogen) atoms. The third-order valence-corrected chi connectivity index (χ3v) is 3.46. The van der Waals surface area contributed by atoms with Crippen molar-refractivity contribution < 1.29 is 9.90 Å². The number of rotatable bonds is 4. The van der Waals surface area contributed by atoms with Crippen LogP contribution in [0.5, 0.6) is 0 Å². The standard InChI is InChI=1S/C9H9IO2S/c10-8-4-2-1-3-7(8)5-13-6-9(11)12/h1-4H,5-6H2,(H,11,12). The van der Waals surface area contributed by atoms with Crippen LogP contribution in [0.1, 0.15) is 5.56 Å². The van der Waals surface area contributed by atoms with E-state index in [1.807, 2.05) is 24.3 Å². The van der Waals surface area contributed by atoms with E-state index in [0.717, 1.165) is 5.75 Å². The molecule has 2 nitrogen and oxygen atoms in total. The molecule has 0 saturated heterocycles. The lowest BCUT2D eigenvalue weighted by atomic mass is 10.2. The van der Waals surface area contributed by atoms with Gasteiger partial charge in [-0.3, -0.25) is 4.79 Å². The molecule has 0 spiro atoms. The Morgan fingerprint density at radius 3 is 2.77 bits per heavy atom. The minimum Gasteiger partial charge on any atom is -0.481 e. The van der Waals surface area contributed by atoms with Crippen LogP contribution in [-0.4, -0.2) is 16.8 Å². The Balaban J connectivity index is 2.45. The van der Waals surface area contributed by atoms with Crippen LogP contribution >= 0.6 is 34.4 Å². The minimum absolute atomic E-state index is 0.172. The van der Waals surface area contributed by atoms with E-state index in [1.54, 1.807) is 0 Å². The lowest BCUT2D eigenvalue weighted by Gasteiger charge is -2.01. The fourth-order valence-corrected chi connectivity index (χ4v) is 2.45. The van der Waals surface area contributed by atoms with Crippen molar-refractivity contribution in [3.63, 3.8) is 0 Å². The van der Waals surface area contributed by atoms with E-state index in [-0.39, 0.29) is 5.75 Å². The predicted octanol–water partition coefficient (Wildman–Crippen LogP) is 2.61. The molecule has 1 aromatic rings. The fourth-order valence-electron chi connectivity index (χ4n) is 0.864. The minimum atomic E-state index is -0.754. The summed E-state index contributed by atoms with van der Waals surface area (Å²) in [5, 5.41) is 8.44. The van der Waals surface area contributed by atoms with Gasteiger partial charge in [0, 0.05) is 9.32 Å². The Morgan fingerprint density at radius 2 is 2.15 bits per heavy atom. The molecule has 70 valence electrons. The summed E-state index contributed by atoms with van der Waals surface area (Å²) in [6, 6.07) is 8.00. The molecule has 1 rings (SSSR count). The van der Waals surface area contributed by atoms with E-state index < -0.39 is 5.97 Å². The third-order valence-electron chi connectivity index (χ3n) is 1.44. The van der Waals surface area contributed by atoms with E-state index in [2.05, 4.69) is 22.6 Å². The number of aliphatic carboxylic acids is 1. The van der Waals surface area contributed by atoms with Gasteiger partial charge in [0.1, 0.15) is 0 Å². The van der Waals surface area contributed by atoms with Crippen LogP contribution in [0.15, 0.2) is 24.3 Å². The summed E-state index contributed by atoms with van der Waals surface area (Å²) >= 11 is 3.68. The molecule has 0 radical (unpaired) electrons. The highest BCUT2D eigenvalue weighted by Crippen LogP contribution is 2.17. The second-order valence-electron chi connectivity index (χ2n) is 2.48. The first-order chi connectivity index (χ1) is 6.20. The second-order valence-corrected chi connectivity index (χ2v) is 4.63. The number of hydrogen-bond donors (Lipinski definition) is 1. The molecular weight excluding hydrogens is 299 g/mol. The Labute approximate surface area is 94.9 Å². The van der Waals surface area contributed by atoms with Gasteiger partial charge in [-0.25, -0.2) is 0 Å². The van der Waals surface area contributed by atoms with E-state index in [0.29, 0.717) is 0 Å². The van der Waals surface area contributed by atoms with Crippen LogP contribution in [0.3, 0.4) is 0 Å². The maximum Gasteiger partial charge on any atom is 0.313 e. The summed E-state index contributed by atoms with van der Waals surface area (Å²) < 4.78 is 1.19. The van der Waals surface area contributed by atoms with Crippen LogP contribution in [0.2, 0.25) is 0 Å². The summed E-state index contributed by atoms with van der Waals surface area (Å²) in [5.41, 5.74) is 1.20. The first kappa shape index (κ1) is 10.8. The lowest BCUT2D eigenvalue weighted by Crippen LogP contribution is -1.98. The number of benzene rings is 1. The molecule has 0 amide bonds. The van der Waals surface area contributed by atoms with Gasteiger partial charge in [0.05, 0.1) is 5.75 Å². The average molecular weight is 308 g/mol. The third kappa shape index (κ3) is 3.99. The zero-order chi connectivity index (χ0) is 9.68. The monoisotopic (exact) mass is 308 g/mol. The summed E-state index contributed by atoms with van der Waals surface area (Å²) in [5.74, 6) is 0.187. The molecule has 0 aromatic heterocycles. The average Bonchev–Trinajstić information content (AvgIpc) is 2.08. The summed E-state index contributed by atoms with van der Waals surface area (Å²) in [6.45, 7) is 0. The van der Waals surface area contributed by atoms with Gasteiger partial charge in [-0.1, -0.05) is 18.2 Å². The van der Waals surface area contributed by atoms with Crippen molar-refractivity contribution in [3.8, 4) is 0 Å². The largest absolute Gasteiger partial charge is 0.481 e. The maximum atomic E-state index is 10.3. The van der Waals surface area contributed by atoms with Gasteiger partial charge < -0.3 is 5.11 Å². The van der Waals surface area contributed by atoms with Crippen molar-refractivity contribution >= 4 is 40.3 Å². The summed E-state index contributed by atoms with van der Waals surface area (Å²) in [7, 11) is 0. The van der Waals surface area contributed by atoms with Gasteiger partial charge in [-0.2, -0.15) is 0 Å². The molecule has 0 atom stereocenters. The van der Waals surface area contributed by atoms with Crippen LogP contribution in [0.4, 0.5) is 0 Å². The van der Waals surface area contributed by atoms with Gasteiger partial charge in [-0.05, 0) is 34.2 Å². The van der Waals surface area contributed by atoms with Gasteiger partial charge in [0.15, 0.2) is 0 Å². The zero-order valence-electron chi connectivity index (χ0n) is 6.87. The van der Waals surface area contributed by atoms with Crippen molar-refractivity contribution in [1.82, 2.24) is 0 Å². The maximum absolute atomic E-state index is 10.3. The molecule has 1 N–H and O–H groups in total. The van der Waals surface area contributed by atoms with Crippen LogP contribution in [-0.2, 0) is 10.5 Å². The van der Waals surface area contributed by atoms with Crippen molar-refractivity contribution in [2.75, 3.05) is 5.75 Å². The summed E-state index contributed by atoms with van der Waals surface area (Å²) in [4.78, 5) is 10.3. The Bertz CT molecular complexity index is 301. The predicted molar refractivity (Wildman–Crippen MR) is 63.0 cm³/mol. The van der Waals surface area contributed by atoms with Crippen molar-refractivity contribution in [1.29, 1.82) is 0 Å². The first-order valence-electron chi connectivity index (χ1n) is 3.73. The molecule has 0 aliphatic heterocycles. The first-order valence-corrected chi connectivity index (χ1v) is 5.96. The second kappa shape index (κ2) is 5.49. The summed E-state index contributed by atoms with van der Waals surface area (Å²) in [6.07, 6.45) is 0. The molecule has 0 aliphatic carbocycles. The van der Waals surface area contributed by atoms with Gasteiger partial charge in [0.25, 0.3) is 0 Å². The highest BCUT2D eigenvalue weighted by Gasteiger charge is 2.00. The topological polar surface area (TPSA) is 37.3 Å². The number of carboxylic acid groups (broad SMARTS) is 1. The quantitative estimate of drug-likeness (QED) is 0.869. The normalized spacial score (nSPS) is 9.92. The molecule has 1 aromatic carbocycles. The smallest absolute Gasteiger partial charge is 0.313 e. The van der Waals surface area contributed by atoms with E-state index in [1.165, 1.54) is 20.9 Å². The zero-order valence-corrected chi connectivity index (χ0v) is 9.84. The van der Waals surface area contributed by atoms with Crippen LogP contribution < -0.4 is 0 Å². The molecule has 0 aliphatic rings. The van der Waals surface area contributed by atoms with Gasteiger partial charge in [-0.15, -0.1) is 11.8 Å². The van der Waals surface area contributed by atoms with Crippen molar-refractivity contribution in [3.05, 3.63) is 33.4 Å². The number of halogens is 1. The number of carbonyl (C=O) groups is 1. The molecule has 0 fully saturated rings. The number of thioether (sulfide) groups is 1. The number of carboxylic acids is 1. The molecule has 0 saturated carbocycles. The molecule has 0 bridgehead atoms. The van der Waals surface area contributed by atoms with Crippen LogP contribution in [0, 0.1) is 3.57 Å². The van der Waals surface area contributed by atoms with Crippen molar-refractivity contribution in [2.24, 2.45) is 0 Å². The Morgan fingerprint density at radius 1 is 1.46 bits per heavy atom. The molecule has 0 unspecified atom stereocenters. The highest BCUT2D eigenvalue weighted by atomic mass is 127. The van der Waals surface area contributed by atoms with E-state index >= 15 is 0 Å². The fraction of sp³-hybridized carbons (Fsp3) is 0.222. The Hall–Kier alpha value is -0.230. The molecule has 4 heteroatoms. The van der Waals surface area contributed by atoms with Gasteiger partial charge in [0.2, 0.25) is 0 Å². The Kier molecular flexibility index (Phi) is 4.58. The van der Waals surface area contributed by atoms with Crippen LogP contribution in [0.25, 0.3) is 0 Å². The molecule has 0 heterocycles. The van der Waals surface area contributed by atoms with E-state index in [9.17, 15) is 4.79 Å². The lowest BCUT2D eigenvalue weighted by molar-refractivity contribution is -0.133. The van der Waals surface area contributed by atoms with Crippen molar-refractivity contribution in [2.45, 2.75) is 5.75 Å².